The van der Waals surface area contributed by atoms with Crippen molar-refractivity contribution < 1.29 is 9.53 Å². The Bertz CT molecular complexity index is 368. The lowest BCUT2D eigenvalue weighted by atomic mass is 10.0. The zero-order valence-electron chi connectivity index (χ0n) is 10.2. The summed E-state index contributed by atoms with van der Waals surface area (Å²) in [7, 11) is 0. The average molecular weight is 256 g/mol. The fourth-order valence-electron chi connectivity index (χ4n) is 1.67. The minimum Gasteiger partial charge on any atom is -0.354 e. The van der Waals surface area contributed by atoms with Crippen LogP contribution in [-0.2, 0) is 16.0 Å². The molecule has 0 aliphatic rings. The van der Waals surface area contributed by atoms with E-state index in [9.17, 15) is 4.79 Å². The number of hydrogen-bond acceptors (Lipinski definition) is 2. The fourth-order valence-corrected chi connectivity index (χ4v) is 1.75. The van der Waals surface area contributed by atoms with Crippen LogP contribution in [-0.4, -0.2) is 18.4 Å². The molecule has 0 radical (unpaired) electrons. The Labute approximate surface area is 107 Å². The molecule has 1 N–H and O–H groups in total. The average Bonchev–Trinajstić information content (AvgIpc) is 2.38. The molecule has 0 aromatic heterocycles. The third kappa shape index (κ3) is 4.02. The van der Waals surface area contributed by atoms with Gasteiger partial charge in [-0.05, 0) is 18.9 Å². The summed E-state index contributed by atoms with van der Waals surface area (Å²) in [5.41, 5.74) is 2.16. The largest absolute Gasteiger partial charge is 0.354 e. The summed E-state index contributed by atoms with van der Waals surface area (Å²) in [6.45, 7) is 4.50. The molecule has 1 unspecified atom stereocenters. The van der Waals surface area contributed by atoms with E-state index in [4.69, 9.17) is 16.3 Å². The summed E-state index contributed by atoms with van der Waals surface area (Å²) in [4.78, 5) is 11.3. The van der Waals surface area contributed by atoms with E-state index in [1.165, 1.54) is 5.56 Å². The van der Waals surface area contributed by atoms with E-state index in [0.29, 0.717) is 6.61 Å². The highest BCUT2D eigenvalue weighted by Gasteiger charge is 2.16. The van der Waals surface area contributed by atoms with Gasteiger partial charge in [0, 0.05) is 12.2 Å². The van der Waals surface area contributed by atoms with Gasteiger partial charge < -0.3 is 10.1 Å². The molecule has 0 aliphatic heterocycles. The highest BCUT2D eigenvalue weighted by Crippen LogP contribution is 2.19. The molecule has 0 fully saturated rings. The number of benzene rings is 1. The number of aryl methyl sites for hydroxylation is 1. The van der Waals surface area contributed by atoms with Gasteiger partial charge in [0.25, 0.3) is 0 Å². The van der Waals surface area contributed by atoms with Crippen molar-refractivity contribution in [3.63, 3.8) is 0 Å². The van der Waals surface area contributed by atoms with E-state index in [1.807, 2.05) is 31.2 Å². The second-order valence-corrected chi connectivity index (χ2v) is 3.86. The normalized spacial score (nSPS) is 12.2. The van der Waals surface area contributed by atoms with E-state index in [1.54, 1.807) is 0 Å². The SMILES string of the molecule is CCOC(NC(=O)CCl)c1ccccc1CC. The molecule has 1 rings (SSSR count). The number of amides is 1. The van der Waals surface area contributed by atoms with Gasteiger partial charge in [0.2, 0.25) is 5.91 Å². The molecule has 0 heterocycles. The zero-order valence-corrected chi connectivity index (χ0v) is 11.0. The minimum atomic E-state index is -0.414. The van der Waals surface area contributed by atoms with Crippen LogP contribution in [0.15, 0.2) is 24.3 Å². The van der Waals surface area contributed by atoms with E-state index in [2.05, 4.69) is 12.2 Å². The number of rotatable bonds is 6. The van der Waals surface area contributed by atoms with Crippen molar-refractivity contribution in [3.05, 3.63) is 35.4 Å². The molecule has 94 valence electrons. The molecule has 0 spiro atoms. The van der Waals surface area contributed by atoms with Crippen LogP contribution in [0.3, 0.4) is 0 Å². The predicted octanol–water partition coefficient (Wildman–Crippen LogP) is 2.64. The maximum absolute atomic E-state index is 11.3. The quantitative estimate of drug-likeness (QED) is 0.627. The summed E-state index contributed by atoms with van der Waals surface area (Å²) in [6, 6.07) is 7.92. The van der Waals surface area contributed by atoms with Crippen molar-refractivity contribution in [2.75, 3.05) is 12.5 Å². The van der Waals surface area contributed by atoms with Gasteiger partial charge >= 0.3 is 0 Å². The van der Waals surface area contributed by atoms with Crippen LogP contribution in [0.1, 0.15) is 31.2 Å². The van der Waals surface area contributed by atoms with Crippen molar-refractivity contribution in [2.24, 2.45) is 0 Å². The number of nitrogens with one attached hydrogen (secondary N) is 1. The van der Waals surface area contributed by atoms with Gasteiger partial charge in [0.05, 0.1) is 0 Å². The first-order valence-corrected chi connectivity index (χ1v) is 6.31. The van der Waals surface area contributed by atoms with E-state index < -0.39 is 6.23 Å². The third-order valence-corrected chi connectivity index (χ3v) is 2.71. The van der Waals surface area contributed by atoms with Crippen LogP contribution in [0.25, 0.3) is 0 Å². The molecule has 0 bridgehead atoms. The standard InChI is InChI=1S/C13H18ClNO2/c1-3-10-7-5-6-8-11(10)13(17-4-2)15-12(16)9-14/h5-8,13H,3-4,9H2,1-2H3,(H,15,16). The summed E-state index contributed by atoms with van der Waals surface area (Å²) in [6.07, 6.45) is 0.485. The second kappa shape index (κ2) is 7.30. The molecular formula is C13H18ClNO2. The molecule has 0 aliphatic carbocycles. The van der Waals surface area contributed by atoms with Crippen molar-refractivity contribution in [2.45, 2.75) is 26.5 Å². The molecule has 1 aromatic rings. The Morgan fingerprint density at radius 2 is 2.12 bits per heavy atom. The van der Waals surface area contributed by atoms with Crippen LogP contribution in [0.2, 0.25) is 0 Å². The molecule has 0 saturated heterocycles. The third-order valence-electron chi connectivity index (χ3n) is 2.47. The maximum atomic E-state index is 11.3. The molecule has 0 saturated carbocycles. The molecule has 3 nitrogen and oxygen atoms in total. The van der Waals surface area contributed by atoms with Crippen LogP contribution in [0.4, 0.5) is 0 Å². The monoisotopic (exact) mass is 255 g/mol. The Morgan fingerprint density at radius 3 is 2.71 bits per heavy atom. The number of alkyl halides is 1. The Kier molecular flexibility index (Phi) is 6.01. The summed E-state index contributed by atoms with van der Waals surface area (Å²) >= 11 is 5.49. The lowest BCUT2D eigenvalue weighted by Crippen LogP contribution is -2.31. The van der Waals surface area contributed by atoms with E-state index in [0.717, 1.165) is 12.0 Å². The number of carbonyl (C=O) groups excluding carboxylic acids is 1. The maximum Gasteiger partial charge on any atom is 0.237 e. The first-order chi connectivity index (χ1) is 8.22. The summed E-state index contributed by atoms with van der Waals surface area (Å²) in [5, 5.41) is 2.77. The van der Waals surface area contributed by atoms with Gasteiger partial charge in [-0.3, -0.25) is 4.79 Å². The van der Waals surface area contributed by atoms with Gasteiger partial charge in [-0.1, -0.05) is 31.2 Å². The molecule has 4 heteroatoms. The van der Waals surface area contributed by atoms with Gasteiger partial charge in [0.1, 0.15) is 5.88 Å². The Morgan fingerprint density at radius 1 is 1.41 bits per heavy atom. The Hall–Kier alpha value is -1.06. The van der Waals surface area contributed by atoms with Gasteiger partial charge in [-0.25, -0.2) is 0 Å². The van der Waals surface area contributed by atoms with Crippen molar-refractivity contribution in [1.82, 2.24) is 5.32 Å². The Balaban J connectivity index is 2.91. The fraction of sp³-hybridized carbons (Fsp3) is 0.462. The molecule has 17 heavy (non-hydrogen) atoms. The second-order valence-electron chi connectivity index (χ2n) is 3.59. The van der Waals surface area contributed by atoms with Gasteiger partial charge in [-0.15, -0.1) is 11.6 Å². The van der Waals surface area contributed by atoms with E-state index in [-0.39, 0.29) is 11.8 Å². The topological polar surface area (TPSA) is 38.3 Å². The first kappa shape index (κ1) is 14.0. The lowest BCUT2D eigenvalue weighted by molar-refractivity contribution is -0.123. The van der Waals surface area contributed by atoms with Crippen LogP contribution < -0.4 is 5.32 Å². The smallest absolute Gasteiger partial charge is 0.237 e. The number of ether oxygens (including phenoxy) is 1. The van der Waals surface area contributed by atoms with Crippen LogP contribution >= 0.6 is 11.6 Å². The lowest BCUT2D eigenvalue weighted by Gasteiger charge is -2.21. The van der Waals surface area contributed by atoms with Gasteiger partial charge in [0.15, 0.2) is 6.23 Å². The molecule has 1 aromatic carbocycles. The summed E-state index contributed by atoms with van der Waals surface area (Å²) in [5.74, 6) is -0.284. The zero-order chi connectivity index (χ0) is 12.7. The van der Waals surface area contributed by atoms with Crippen molar-refractivity contribution >= 4 is 17.5 Å². The summed E-state index contributed by atoms with van der Waals surface area (Å²) < 4.78 is 5.55. The predicted molar refractivity (Wildman–Crippen MR) is 69.0 cm³/mol. The highest BCUT2D eigenvalue weighted by atomic mass is 35.5. The number of halogens is 1. The van der Waals surface area contributed by atoms with Crippen LogP contribution in [0, 0.1) is 0 Å². The number of carbonyl (C=O) groups is 1. The molecule has 1 atom stereocenters. The van der Waals surface area contributed by atoms with E-state index >= 15 is 0 Å². The van der Waals surface area contributed by atoms with Crippen LogP contribution in [0.5, 0.6) is 0 Å². The van der Waals surface area contributed by atoms with Gasteiger partial charge in [-0.2, -0.15) is 0 Å². The van der Waals surface area contributed by atoms with Crippen molar-refractivity contribution in [1.29, 1.82) is 0 Å². The number of hydrogen-bond donors (Lipinski definition) is 1. The van der Waals surface area contributed by atoms with Crippen molar-refractivity contribution in [3.8, 4) is 0 Å². The molecular weight excluding hydrogens is 238 g/mol. The first-order valence-electron chi connectivity index (χ1n) is 5.77. The highest BCUT2D eigenvalue weighted by molar-refractivity contribution is 6.27. The molecule has 1 amide bonds. The minimum absolute atomic E-state index is 0.0577.